The number of para-hydroxylation sites is 1. The van der Waals surface area contributed by atoms with Crippen LogP contribution in [-0.2, 0) is 5.75 Å². The molecule has 34 heavy (non-hydrogen) atoms. The lowest BCUT2D eigenvalue weighted by molar-refractivity contribution is 0.411. The van der Waals surface area contributed by atoms with E-state index in [0.29, 0.717) is 38.8 Å². The number of aryl methyl sites for hydroxylation is 2. The fourth-order valence-electron chi connectivity index (χ4n) is 4.00. The standard InChI is InChI=1S/C27H22N2O4S/c1-16-9-11-23(32-3)22(12-16)29-26(31)20-6-4-5-7-21(20)28-27(29)34-15-18-14-25(30)33-24-13-17(2)8-10-19(18)24/h4-14H,15H2,1-3H3. The topological polar surface area (TPSA) is 74.3 Å². The molecule has 5 rings (SSSR count). The highest BCUT2D eigenvalue weighted by Crippen LogP contribution is 2.31. The molecule has 2 aromatic heterocycles. The van der Waals surface area contributed by atoms with Gasteiger partial charge >= 0.3 is 5.63 Å². The van der Waals surface area contributed by atoms with Crippen molar-refractivity contribution in [2.75, 3.05) is 7.11 Å². The highest BCUT2D eigenvalue weighted by molar-refractivity contribution is 7.98. The van der Waals surface area contributed by atoms with Gasteiger partial charge in [0.15, 0.2) is 5.16 Å². The Labute approximate surface area is 199 Å². The summed E-state index contributed by atoms with van der Waals surface area (Å²) in [6.45, 7) is 3.92. The van der Waals surface area contributed by atoms with Crippen molar-refractivity contribution in [1.82, 2.24) is 9.55 Å². The number of methoxy groups -OCH3 is 1. The minimum atomic E-state index is -0.405. The molecule has 2 heterocycles. The molecule has 0 radical (unpaired) electrons. The maximum atomic E-state index is 13.6. The fourth-order valence-corrected chi connectivity index (χ4v) is 4.99. The normalized spacial score (nSPS) is 11.3. The molecule has 0 atom stereocenters. The maximum Gasteiger partial charge on any atom is 0.336 e. The molecule has 0 N–H and O–H groups in total. The second-order valence-electron chi connectivity index (χ2n) is 8.11. The molecule has 0 aliphatic carbocycles. The number of hydrogen-bond acceptors (Lipinski definition) is 6. The molecule has 7 heteroatoms. The Kier molecular flexibility index (Phi) is 5.71. The van der Waals surface area contributed by atoms with E-state index in [-0.39, 0.29) is 5.56 Å². The first-order valence-electron chi connectivity index (χ1n) is 10.8. The SMILES string of the molecule is COc1ccc(C)cc1-n1c(SCc2cc(=O)oc3cc(C)ccc23)nc2ccccc2c1=O. The number of nitrogens with zero attached hydrogens (tertiary/aromatic N) is 2. The van der Waals surface area contributed by atoms with Crippen LogP contribution in [0.25, 0.3) is 27.6 Å². The number of ether oxygens (including phenoxy) is 1. The van der Waals surface area contributed by atoms with Crippen LogP contribution in [0.5, 0.6) is 5.75 Å². The fraction of sp³-hybridized carbons (Fsp3) is 0.148. The van der Waals surface area contributed by atoms with E-state index >= 15 is 0 Å². The van der Waals surface area contributed by atoms with E-state index in [1.807, 2.05) is 68.4 Å². The summed E-state index contributed by atoms with van der Waals surface area (Å²) in [5, 5.41) is 1.90. The number of benzene rings is 3. The molecule has 0 aliphatic rings. The van der Waals surface area contributed by atoms with Gasteiger partial charge in [0.2, 0.25) is 0 Å². The molecule has 0 spiro atoms. The molecule has 0 aliphatic heterocycles. The molecule has 5 aromatic rings. The van der Waals surface area contributed by atoms with Crippen molar-refractivity contribution in [2.45, 2.75) is 24.8 Å². The first kappa shape index (κ1) is 22.0. The molecule has 0 fully saturated rings. The number of aromatic nitrogens is 2. The molecular weight excluding hydrogens is 448 g/mol. The van der Waals surface area contributed by atoms with E-state index in [4.69, 9.17) is 14.1 Å². The van der Waals surface area contributed by atoms with Crippen molar-refractivity contribution >= 4 is 33.6 Å². The third kappa shape index (κ3) is 3.99. The molecule has 6 nitrogen and oxygen atoms in total. The van der Waals surface area contributed by atoms with Crippen LogP contribution in [0.2, 0.25) is 0 Å². The van der Waals surface area contributed by atoms with Crippen LogP contribution in [0.15, 0.2) is 85.9 Å². The Bertz CT molecular complexity index is 1670. The van der Waals surface area contributed by atoms with Gasteiger partial charge in [-0.25, -0.2) is 9.78 Å². The van der Waals surface area contributed by atoms with Gasteiger partial charge in [0.1, 0.15) is 11.3 Å². The predicted molar refractivity (Wildman–Crippen MR) is 135 cm³/mol. The zero-order chi connectivity index (χ0) is 23.8. The van der Waals surface area contributed by atoms with Gasteiger partial charge in [-0.3, -0.25) is 9.36 Å². The summed E-state index contributed by atoms with van der Waals surface area (Å²) >= 11 is 1.39. The average molecular weight is 471 g/mol. The molecule has 0 unspecified atom stereocenters. The molecule has 0 bridgehead atoms. The number of hydrogen-bond donors (Lipinski definition) is 0. The van der Waals surface area contributed by atoms with Gasteiger partial charge in [-0.2, -0.15) is 0 Å². The lowest BCUT2D eigenvalue weighted by Gasteiger charge is -2.16. The van der Waals surface area contributed by atoms with E-state index < -0.39 is 5.63 Å². The van der Waals surface area contributed by atoms with Crippen LogP contribution in [0.4, 0.5) is 0 Å². The van der Waals surface area contributed by atoms with Crippen LogP contribution in [0, 0.1) is 13.8 Å². The van der Waals surface area contributed by atoms with E-state index in [0.717, 1.165) is 22.1 Å². The van der Waals surface area contributed by atoms with E-state index in [1.54, 1.807) is 17.7 Å². The summed E-state index contributed by atoms with van der Waals surface area (Å²) in [6.07, 6.45) is 0. The molecule has 3 aromatic carbocycles. The summed E-state index contributed by atoms with van der Waals surface area (Å²) in [4.78, 5) is 30.7. The lowest BCUT2D eigenvalue weighted by atomic mass is 10.1. The maximum absolute atomic E-state index is 13.6. The van der Waals surface area contributed by atoms with Crippen molar-refractivity contribution in [3.8, 4) is 11.4 Å². The zero-order valence-electron chi connectivity index (χ0n) is 19.0. The van der Waals surface area contributed by atoms with Crippen molar-refractivity contribution < 1.29 is 9.15 Å². The van der Waals surface area contributed by atoms with Gasteiger partial charge in [0, 0.05) is 17.2 Å². The Morgan fingerprint density at radius 1 is 0.941 bits per heavy atom. The minimum absolute atomic E-state index is 0.176. The Balaban J connectivity index is 1.68. The lowest BCUT2D eigenvalue weighted by Crippen LogP contribution is -2.22. The van der Waals surface area contributed by atoms with E-state index in [9.17, 15) is 9.59 Å². The monoisotopic (exact) mass is 470 g/mol. The number of fused-ring (bicyclic) bond motifs is 2. The zero-order valence-corrected chi connectivity index (χ0v) is 19.8. The summed E-state index contributed by atoms with van der Waals surface area (Å²) in [6, 6.07) is 20.3. The van der Waals surface area contributed by atoms with Gasteiger partial charge in [-0.15, -0.1) is 0 Å². The summed E-state index contributed by atoms with van der Waals surface area (Å²) in [5.41, 5.74) is 4.04. The molecular formula is C27H22N2O4S. The van der Waals surface area contributed by atoms with Crippen molar-refractivity contribution in [3.63, 3.8) is 0 Å². The van der Waals surface area contributed by atoms with Gasteiger partial charge < -0.3 is 9.15 Å². The van der Waals surface area contributed by atoms with Gasteiger partial charge in [-0.05, 0) is 60.9 Å². The third-order valence-corrected chi connectivity index (χ3v) is 6.65. The first-order chi connectivity index (χ1) is 16.4. The van der Waals surface area contributed by atoms with Crippen molar-refractivity contribution in [2.24, 2.45) is 0 Å². The molecule has 0 saturated heterocycles. The van der Waals surface area contributed by atoms with Crippen LogP contribution in [-0.4, -0.2) is 16.7 Å². The van der Waals surface area contributed by atoms with Crippen LogP contribution in [0.1, 0.15) is 16.7 Å². The second kappa shape index (κ2) is 8.83. The Morgan fingerprint density at radius 2 is 1.71 bits per heavy atom. The predicted octanol–water partition coefficient (Wildman–Crippen LogP) is 5.41. The summed E-state index contributed by atoms with van der Waals surface area (Å²) in [5.74, 6) is 1.01. The minimum Gasteiger partial charge on any atom is -0.495 e. The van der Waals surface area contributed by atoms with E-state index in [1.165, 1.54) is 17.8 Å². The Morgan fingerprint density at radius 3 is 2.53 bits per heavy atom. The second-order valence-corrected chi connectivity index (χ2v) is 9.05. The largest absolute Gasteiger partial charge is 0.495 e. The van der Waals surface area contributed by atoms with Crippen molar-refractivity contribution in [1.29, 1.82) is 0 Å². The Hall–Kier alpha value is -3.84. The molecule has 0 amide bonds. The highest BCUT2D eigenvalue weighted by Gasteiger charge is 2.18. The molecule has 170 valence electrons. The van der Waals surface area contributed by atoms with Gasteiger partial charge in [0.05, 0.1) is 23.7 Å². The van der Waals surface area contributed by atoms with Crippen LogP contribution >= 0.6 is 11.8 Å². The molecule has 0 saturated carbocycles. The van der Waals surface area contributed by atoms with Gasteiger partial charge in [0.25, 0.3) is 5.56 Å². The van der Waals surface area contributed by atoms with Crippen LogP contribution < -0.4 is 15.9 Å². The average Bonchev–Trinajstić information content (AvgIpc) is 2.82. The number of thioether (sulfide) groups is 1. The van der Waals surface area contributed by atoms with Crippen molar-refractivity contribution in [3.05, 3.63) is 104 Å². The van der Waals surface area contributed by atoms with Crippen LogP contribution in [0.3, 0.4) is 0 Å². The highest BCUT2D eigenvalue weighted by atomic mass is 32.2. The quantitative estimate of drug-likeness (QED) is 0.194. The summed E-state index contributed by atoms with van der Waals surface area (Å²) in [7, 11) is 1.58. The van der Waals surface area contributed by atoms with E-state index in [2.05, 4.69) is 0 Å². The number of rotatable bonds is 5. The third-order valence-electron chi connectivity index (χ3n) is 5.66. The first-order valence-corrected chi connectivity index (χ1v) is 11.8. The summed E-state index contributed by atoms with van der Waals surface area (Å²) < 4.78 is 12.6. The van der Waals surface area contributed by atoms with Gasteiger partial charge in [-0.1, -0.05) is 42.1 Å². The smallest absolute Gasteiger partial charge is 0.336 e.